The Kier molecular flexibility index (Phi) is 6.91. The number of carbonyl (C=O) groups excluding carboxylic acids is 1. The molecule has 2 saturated heterocycles. The molecule has 30 heavy (non-hydrogen) atoms. The zero-order valence-electron chi connectivity index (χ0n) is 16.6. The zero-order valence-corrected chi connectivity index (χ0v) is 16.6. The Balaban J connectivity index is 0.000000318. The molecule has 8 nitrogen and oxygen atoms in total. The lowest BCUT2D eigenvalue weighted by Crippen LogP contribution is -2.53. The molecule has 1 amide bonds. The Morgan fingerprint density at radius 3 is 2.47 bits per heavy atom. The van der Waals surface area contributed by atoms with Crippen LogP contribution in [-0.2, 0) is 9.53 Å². The number of aromatic nitrogens is 2. The van der Waals surface area contributed by atoms with E-state index in [1.54, 1.807) is 25.7 Å². The van der Waals surface area contributed by atoms with Gasteiger partial charge < -0.3 is 19.6 Å². The summed E-state index contributed by atoms with van der Waals surface area (Å²) < 4.78 is 37.5. The van der Waals surface area contributed by atoms with Gasteiger partial charge in [-0.05, 0) is 25.2 Å². The van der Waals surface area contributed by atoms with Gasteiger partial charge in [-0.25, -0.2) is 9.78 Å². The highest BCUT2D eigenvalue weighted by Crippen LogP contribution is 2.36. The van der Waals surface area contributed by atoms with Crippen molar-refractivity contribution in [3.8, 4) is 0 Å². The van der Waals surface area contributed by atoms with Crippen LogP contribution in [-0.4, -0.2) is 88.4 Å². The number of carbonyl (C=O) groups is 2. The first-order valence-electron chi connectivity index (χ1n) is 9.83. The second kappa shape index (κ2) is 9.25. The van der Waals surface area contributed by atoms with Gasteiger partial charge in [0.1, 0.15) is 5.69 Å². The van der Waals surface area contributed by atoms with Gasteiger partial charge in [0.2, 0.25) is 0 Å². The summed E-state index contributed by atoms with van der Waals surface area (Å²) in [6, 6.07) is 0.238. The van der Waals surface area contributed by atoms with Crippen LogP contribution in [0.25, 0.3) is 0 Å². The molecule has 3 aliphatic rings. The number of likely N-dealkylation sites (tertiary alicyclic amines) is 2. The number of piperidine rings is 1. The average molecular weight is 430 g/mol. The summed E-state index contributed by atoms with van der Waals surface area (Å²) in [7, 11) is 1.80. The molecule has 1 aromatic rings. The van der Waals surface area contributed by atoms with E-state index < -0.39 is 12.1 Å². The average Bonchev–Trinajstić information content (AvgIpc) is 3.42. The minimum absolute atomic E-state index is 0.0101. The molecule has 0 unspecified atom stereocenters. The predicted octanol–water partition coefficient (Wildman–Crippen LogP) is 1.68. The number of alkyl halides is 3. The number of rotatable bonds is 4. The van der Waals surface area contributed by atoms with Crippen molar-refractivity contribution < 1.29 is 32.6 Å². The minimum Gasteiger partial charge on any atom is -0.475 e. The molecular formula is C19H25F3N4O4. The van der Waals surface area contributed by atoms with E-state index in [-0.39, 0.29) is 18.1 Å². The van der Waals surface area contributed by atoms with Crippen molar-refractivity contribution in [3.05, 3.63) is 24.3 Å². The number of amides is 1. The van der Waals surface area contributed by atoms with Gasteiger partial charge >= 0.3 is 12.1 Å². The largest absolute Gasteiger partial charge is 0.490 e. The number of fused-ring (bicyclic) bond motifs is 1. The fourth-order valence-electron chi connectivity index (χ4n) is 4.15. The number of hydrogen-bond acceptors (Lipinski definition) is 6. The van der Waals surface area contributed by atoms with Gasteiger partial charge in [-0.15, -0.1) is 0 Å². The highest BCUT2D eigenvalue weighted by Gasteiger charge is 2.47. The van der Waals surface area contributed by atoms with Crippen LogP contribution < -0.4 is 0 Å². The van der Waals surface area contributed by atoms with Crippen LogP contribution >= 0.6 is 0 Å². The molecule has 0 aromatic carbocycles. The van der Waals surface area contributed by atoms with Gasteiger partial charge in [0.05, 0.1) is 18.3 Å². The second-order valence-corrected chi connectivity index (χ2v) is 7.85. The van der Waals surface area contributed by atoms with Gasteiger partial charge in [-0.1, -0.05) is 0 Å². The Morgan fingerprint density at radius 2 is 1.93 bits per heavy atom. The third-order valence-electron chi connectivity index (χ3n) is 5.74. The number of ether oxygens (including phenoxy) is 1. The lowest BCUT2D eigenvalue weighted by Gasteiger charge is -2.40. The molecule has 1 saturated carbocycles. The normalized spacial score (nSPS) is 26.5. The van der Waals surface area contributed by atoms with Crippen LogP contribution in [0.5, 0.6) is 0 Å². The Morgan fingerprint density at radius 1 is 1.23 bits per heavy atom. The SMILES string of the molecule is CO[C@@H]1CCN(C(=O)c2cnccn2)[C@@H]2CN(CC3CC3)C[C@@H]21.O=C(O)C(F)(F)F. The van der Waals surface area contributed by atoms with Crippen molar-refractivity contribution in [2.24, 2.45) is 11.8 Å². The van der Waals surface area contributed by atoms with Gasteiger partial charge in [0.25, 0.3) is 5.91 Å². The van der Waals surface area contributed by atoms with Gasteiger partial charge in [-0.2, -0.15) is 13.2 Å². The van der Waals surface area contributed by atoms with Crippen LogP contribution in [0.3, 0.4) is 0 Å². The molecule has 4 rings (SSSR count). The van der Waals surface area contributed by atoms with Crippen LogP contribution in [0.1, 0.15) is 29.8 Å². The quantitative estimate of drug-likeness (QED) is 0.777. The van der Waals surface area contributed by atoms with Crippen LogP contribution in [0.15, 0.2) is 18.6 Å². The zero-order chi connectivity index (χ0) is 21.9. The molecule has 166 valence electrons. The van der Waals surface area contributed by atoms with Crippen LogP contribution in [0.4, 0.5) is 13.2 Å². The first-order chi connectivity index (χ1) is 14.2. The van der Waals surface area contributed by atoms with E-state index >= 15 is 0 Å². The number of halogens is 3. The Hall–Kier alpha value is -2.27. The van der Waals surface area contributed by atoms with E-state index in [1.165, 1.54) is 19.4 Å². The van der Waals surface area contributed by atoms with Crippen LogP contribution in [0.2, 0.25) is 0 Å². The molecule has 0 radical (unpaired) electrons. The Labute approximate surface area is 172 Å². The lowest BCUT2D eigenvalue weighted by atomic mass is 9.89. The predicted molar refractivity (Wildman–Crippen MR) is 98.6 cm³/mol. The maximum atomic E-state index is 12.8. The highest BCUT2D eigenvalue weighted by atomic mass is 19.4. The topological polar surface area (TPSA) is 95.9 Å². The second-order valence-electron chi connectivity index (χ2n) is 7.85. The van der Waals surface area contributed by atoms with Crippen molar-refractivity contribution >= 4 is 11.9 Å². The molecule has 0 bridgehead atoms. The van der Waals surface area contributed by atoms with Crippen molar-refractivity contribution in [2.75, 3.05) is 33.3 Å². The number of carboxylic acids is 1. The summed E-state index contributed by atoms with van der Waals surface area (Å²) in [5.74, 6) is -1.46. The third-order valence-corrected chi connectivity index (χ3v) is 5.74. The summed E-state index contributed by atoms with van der Waals surface area (Å²) in [5, 5.41) is 7.12. The molecule has 3 atom stereocenters. The lowest BCUT2D eigenvalue weighted by molar-refractivity contribution is -0.192. The minimum atomic E-state index is -5.08. The van der Waals surface area contributed by atoms with E-state index in [0.717, 1.165) is 32.0 Å². The summed E-state index contributed by atoms with van der Waals surface area (Å²) in [6.45, 7) is 3.93. The highest BCUT2D eigenvalue weighted by molar-refractivity contribution is 5.92. The smallest absolute Gasteiger partial charge is 0.475 e. The summed E-state index contributed by atoms with van der Waals surface area (Å²) >= 11 is 0. The summed E-state index contributed by atoms with van der Waals surface area (Å²) in [5.41, 5.74) is 0.447. The molecule has 1 aromatic heterocycles. The standard InChI is InChI=1S/C17H24N4O2.C2HF3O2/c1-23-16-4-7-21(17(22)14-8-18-5-6-19-14)15-11-20(10-13(15)16)9-12-2-3-12;3-2(4,5)1(6)7/h5-6,8,12-13,15-16H,2-4,7,9-11H2,1H3;(H,6,7)/t13-,15+,16+;/m0./s1. The molecule has 11 heteroatoms. The summed E-state index contributed by atoms with van der Waals surface area (Å²) in [4.78, 5) is 34.5. The van der Waals surface area contributed by atoms with E-state index in [9.17, 15) is 18.0 Å². The summed E-state index contributed by atoms with van der Waals surface area (Å²) in [6.07, 6.45) is 3.56. The molecule has 3 fully saturated rings. The maximum Gasteiger partial charge on any atom is 0.490 e. The first kappa shape index (κ1) is 22.4. The van der Waals surface area contributed by atoms with Gasteiger partial charge in [-0.3, -0.25) is 9.78 Å². The number of methoxy groups -OCH3 is 1. The van der Waals surface area contributed by atoms with E-state index in [0.29, 0.717) is 11.6 Å². The van der Waals surface area contributed by atoms with Crippen LogP contribution in [0, 0.1) is 11.8 Å². The fraction of sp³-hybridized carbons (Fsp3) is 0.684. The number of hydrogen-bond donors (Lipinski definition) is 1. The molecule has 0 spiro atoms. The molecule has 1 aliphatic carbocycles. The maximum absolute atomic E-state index is 12.8. The van der Waals surface area contributed by atoms with Crippen molar-refractivity contribution in [1.29, 1.82) is 0 Å². The molecule has 3 heterocycles. The van der Waals surface area contributed by atoms with Gasteiger partial charge in [0.15, 0.2) is 0 Å². The monoisotopic (exact) mass is 430 g/mol. The van der Waals surface area contributed by atoms with Gasteiger partial charge in [0, 0.05) is 51.6 Å². The van der Waals surface area contributed by atoms with Crippen molar-refractivity contribution in [2.45, 2.75) is 37.6 Å². The molecule has 1 N–H and O–H groups in total. The third kappa shape index (κ3) is 5.45. The van der Waals surface area contributed by atoms with E-state index in [4.69, 9.17) is 14.6 Å². The molecular weight excluding hydrogens is 405 g/mol. The number of aliphatic carboxylic acids is 1. The fourth-order valence-corrected chi connectivity index (χ4v) is 4.15. The Bertz CT molecular complexity index is 745. The van der Waals surface area contributed by atoms with E-state index in [1.807, 2.05) is 4.90 Å². The number of nitrogens with zero attached hydrogens (tertiary/aromatic N) is 4. The number of carboxylic acid groups (broad SMARTS) is 1. The first-order valence-corrected chi connectivity index (χ1v) is 9.83. The van der Waals surface area contributed by atoms with E-state index in [2.05, 4.69) is 14.9 Å². The van der Waals surface area contributed by atoms with Crippen molar-refractivity contribution in [3.63, 3.8) is 0 Å². The molecule has 2 aliphatic heterocycles. The van der Waals surface area contributed by atoms with Crippen molar-refractivity contribution in [1.82, 2.24) is 19.8 Å².